The van der Waals surface area contributed by atoms with Crippen molar-refractivity contribution in [3.63, 3.8) is 0 Å². The summed E-state index contributed by atoms with van der Waals surface area (Å²) in [5, 5.41) is 0. The predicted molar refractivity (Wildman–Crippen MR) is 74.5 cm³/mol. The highest BCUT2D eigenvalue weighted by molar-refractivity contribution is 7.91. The van der Waals surface area contributed by atoms with E-state index in [1.807, 2.05) is 10.8 Å². The number of nitrogens with two attached hydrogens (primary N) is 1. The van der Waals surface area contributed by atoms with Gasteiger partial charge in [-0.1, -0.05) is 6.07 Å². The van der Waals surface area contributed by atoms with Crippen molar-refractivity contribution in [1.82, 2.24) is 9.55 Å². The van der Waals surface area contributed by atoms with Gasteiger partial charge in [0.25, 0.3) is 0 Å². The first-order chi connectivity index (χ1) is 8.99. The van der Waals surface area contributed by atoms with Crippen LogP contribution >= 0.6 is 0 Å². The van der Waals surface area contributed by atoms with Gasteiger partial charge in [0.05, 0.1) is 17.0 Å². The van der Waals surface area contributed by atoms with E-state index in [0.29, 0.717) is 23.5 Å². The fourth-order valence-electron chi connectivity index (χ4n) is 1.92. The second-order valence-electron chi connectivity index (χ2n) is 4.50. The van der Waals surface area contributed by atoms with Gasteiger partial charge < -0.3 is 10.3 Å². The molecule has 0 amide bonds. The number of sulfone groups is 1. The molecule has 1 heterocycles. The molecule has 0 radical (unpaired) electrons. The molecule has 5 nitrogen and oxygen atoms in total. The molecule has 0 fully saturated rings. The van der Waals surface area contributed by atoms with E-state index < -0.39 is 9.84 Å². The summed E-state index contributed by atoms with van der Waals surface area (Å²) < 4.78 is 26.4. The third-order valence-electron chi connectivity index (χ3n) is 2.94. The molecule has 6 heteroatoms. The smallest absolute Gasteiger partial charge is 0.178 e. The van der Waals surface area contributed by atoms with E-state index in [4.69, 9.17) is 5.73 Å². The van der Waals surface area contributed by atoms with E-state index in [1.165, 1.54) is 6.07 Å². The first kappa shape index (κ1) is 13.6. The molecule has 2 rings (SSSR count). The Morgan fingerprint density at radius 3 is 2.84 bits per heavy atom. The summed E-state index contributed by atoms with van der Waals surface area (Å²) in [6, 6.07) is 4.97. The van der Waals surface area contributed by atoms with Gasteiger partial charge in [-0.3, -0.25) is 0 Å². The Morgan fingerprint density at radius 1 is 1.37 bits per heavy atom. The minimum Gasteiger partial charge on any atom is -0.399 e. The van der Waals surface area contributed by atoms with Crippen molar-refractivity contribution in [3.05, 3.63) is 42.5 Å². The van der Waals surface area contributed by atoms with Crippen molar-refractivity contribution < 1.29 is 8.42 Å². The summed E-state index contributed by atoms with van der Waals surface area (Å²) in [7, 11) is -3.28. The minimum absolute atomic E-state index is 0.107. The Hall–Kier alpha value is -1.82. The van der Waals surface area contributed by atoms with Crippen LogP contribution in [0.5, 0.6) is 0 Å². The van der Waals surface area contributed by atoms with Crippen molar-refractivity contribution in [2.45, 2.75) is 24.8 Å². The van der Waals surface area contributed by atoms with Gasteiger partial charge >= 0.3 is 0 Å². The van der Waals surface area contributed by atoms with E-state index >= 15 is 0 Å². The third kappa shape index (κ3) is 3.35. The van der Waals surface area contributed by atoms with Crippen molar-refractivity contribution in [2.75, 3.05) is 11.5 Å². The predicted octanol–water partition coefficient (Wildman–Crippen LogP) is 1.64. The van der Waals surface area contributed by atoms with Crippen LogP contribution in [0.25, 0.3) is 0 Å². The van der Waals surface area contributed by atoms with E-state index in [2.05, 4.69) is 4.98 Å². The van der Waals surface area contributed by atoms with Gasteiger partial charge in [0, 0.05) is 24.6 Å². The molecule has 102 valence electrons. The number of hydrogen-bond acceptors (Lipinski definition) is 4. The Bertz CT molecular complexity index is 649. The standard InChI is InChI=1S/C13H17N3O2S/c1-11-3-4-12(14)9-13(11)19(17,18)8-2-6-16-7-5-15-10-16/h3-5,7,9-10H,2,6,8,14H2,1H3. The summed E-state index contributed by atoms with van der Waals surface area (Å²) in [6.45, 7) is 2.42. The summed E-state index contributed by atoms with van der Waals surface area (Å²) in [4.78, 5) is 4.25. The van der Waals surface area contributed by atoms with Crippen molar-refractivity contribution in [1.29, 1.82) is 0 Å². The average molecular weight is 279 g/mol. The number of rotatable bonds is 5. The van der Waals surface area contributed by atoms with Gasteiger partial charge in [-0.15, -0.1) is 0 Å². The second-order valence-corrected chi connectivity index (χ2v) is 6.58. The zero-order chi connectivity index (χ0) is 13.9. The lowest BCUT2D eigenvalue weighted by molar-refractivity contribution is 0.586. The van der Waals surface area contributed by atoms with Crippen LogP contribution in [0.3, 0.4) is 0 Å². The Kier molecular flexibility index (Phi) is 3.90. The van der Waals surface area contributed by atoms with Gasteiger partial charge in [0.2, 0.25) is 0 Å². The maximum absolute atomic E-state index is 12.3. The summed E-state index contributed by atoms with van der Waals surface area (Å²) in [5.74, 6) is 0.107. The fraction of sp³-hybridized carbons (Fsp3) is 0.308. The molecule has 0 atom stereocenters. The summed E-state index contributed by atoms with van der Waals surface area (Å²) >= 11 is 0. The molecule has 0 bridgehead atoms. The van der Waals surface area contributed by atoms with Gasteiger partial charge in [0.1, 0.15) is 0 Å². The number of anilines is 1. The number of nitrogen functional groups attached to an aromatic ring is 1. The van der Waals surface area contributed by atoms with Crippen LogP contribution in [0.1, 0.15) is 12.0 Å². The van der Waals surface area contributed by atoms with Crippen LogP contribution in [-0.4, -0.2) is 23.7 Å². The number of aryl methyl sites for hydroxylation is 2. The van der Waals surface area contributed by atoms with Gasteiger partial charge in [-0.25, -0.2) is 13.4 Å². The average Bonchev–Trinajstić information content (AvgIpc) is 2.85. The first-order valence-corrected chi connectivity index (χ1v) is 7.69. The van der Waals surface area contributed by atoms with Crippen molar-refractivity contribution in [3.8, 4) is 0 Å². The van der Waals surface area contributed by atoms with Crippen LogP contribution in [0, 0.1) is 6.92 Å². The van der Waals surface area contributed by atoms with E-state index in [1.54, 1.807) is 31.6 Å². The minimum atomic E-state index is -3.28. The van der Waals surface area contributed by atoms with Crippen LogP contribution in [0.4, 0.5) is 5.69 Å². The quantitative estimate of drug-likeness (QED) is 0.844. The zero-order valence-corrected chi connectivity index (χ0v) is 11.6. The zero-order valence-electron chi connectivity index (χ0n) is 10.8. The summed E-state index contributed by atoms with van der Waals surface area (Å²) in [6.07, 6.45) is 5.72. The molecule has 0 aliphatic heterocycles. The Balaban J connectivity index is 2.07. The number of imidazole rings is 1. The Labute approximate surface area is 113 Å². The second kappa shape index (κ2) is 5.44. The molecular formula is C13H17N3O2S. The molecule has 1 aromatic heterocycles. The van der Waals surface area contributed by atoms with E-state index in [9.17, 15) is 8.42 Å². The van der Waals surface area contributed by atoms with Gasteiger partial charge in [-0.2, -0.15) is 0 Å². The topological polar surface area (TPSA) is 78.0 Å². The van der Waals surface area contributed by atoms with Crippen LogP contribution in [0.2, 0.25) is 0 Å². The molecule has 0 saturated carbocycles. The highest BCUT2D eigenvalue weighted by Gasteiger charge is 2.16. The van der Waals surface area contributed by atoms with Crippen LogP contribution in [-0.2, 0) is 16.4 Å². The maximum atomic E-state index is 12.3. The monoisotopic (exact) mass is 279 g/mol. The van der Waals surface area contributed by atoms with Crippen molar-refractivity contribution in [2.24, 2.45) is 0 Å². The molecule has 1 aromatic carbocycles. The van der Waals surface area contributed by atoms with Gasteiger partial charge in [-0.05, 0) is 31.0 Å². The molecule has 0 unspecified atom stereocenters. The molecular weight excluding hydrogens is 262 g/mol. The molecule has 0 spiro atoms. The molecule has 19 heavy (non-hydrogen) atoms. The lowest BCUT2D eigenvalue weighted by Crippen LogP contribution is -2.11. The molecule has 0 aliphatic rings. The van der Waals surface area contributed by atoms with Crippen LogP contribution in [0.15, 0.2) is 41.8 Å². The summed E-state index contributed by atoms with van der Waals surface area (Å²) in [5.41, 5.74) is 6.86. The third-order valence-corrected chi connectivity index (χ3v) is 4.87. The normalized spacial score (nSPS) is 11.6. The number of nitrogens with zero attached hydrogens (tertiary/aromatic N) is 2. The first-order valence-electron chi connectivity index (χ1n) is 6.04. The van der Waals surface area contributed by atoms with Gasteiger partial charge in [0.15, 0.2) is 9.84 Å². The molecule has 0 saturated heterocycles. The lowest BCUT2D eigenvalue weighted by atomic mass is 10.2. The number of hydrogen-bond donors (Lipinski definition) is 1. The van der Waals surface area contributed by atoms with E-state index in [0.717, 1.165) is 5.56 Å². The Morgan fingerprint density at radius 2 is 2.16 bits per heavy atom. The number of aromatic nitrogens is 2. The SMILES string of the molecule is Cc1ccc(N)cc1S(=O)(=O)CCCn1ccnc1. The number of benzene rings is 1. The van der Waals surface area contributed by atoms with Crippen molar-refractivity contribution >= 4 is 15.5 Å². The fourth-order valence-corrected chi connectivity index (χ4v) is 3.52. The lowest BCUT2D eigenvalue weighted by Gasteiger charge is -2.09. The molecule has 2 N–H and O–H groups in total. The van der Waals surface area contributed by atoms with E-state index in [-0.39, 0.29) is 5.75 Å². The highest BCUT2D eigenvalue weighted by Crippen LogP contribution is 2.20. The molecule has 2 aromatic rings. The molecule has 0 aliphatic carbocycles. The largest absolute Gasteiger partial charge is 0.399 e. The maximum Gasteiger partial charge on any atom is 0.178 e. The highest BCUT2D eigenvalue weighted by atomic mass is 32.2. The van der Waals surface area contributed by atoms with Crippen LogP contribution < -0.4 is 5.73 Å².